The van der Waals surface area contributed by atoms with Crippen molar-refractivity contribution in [2.45, 2.75) is 58.0 Å². The largest absolute Gasteiger partial charge is 0.335 e. The Morgan fingerprint density at radius 3 is 2.57 bits per heavy atom. The van der Waals surface area contributed by atoms with Crippen LogP contribution in [0.15, 0.2) is 24.3 Å². The Morgan fingerprint density at radius 1 is 1.19 bits per heavy atom. The van der Waals surface area contributed by atoms with Crippen LogP contribution in [0.5, 0.6) is 0 Å². The van der Waals surface area contributed by atoms with Crippen LogP contribution in [0.4, 0.5) is 10.5 Å². The van der Waals surface area contributed by atoms with Gasteiger partial charge in [0, 0.05) is 17.8 Å². The van der Waals surface area contributed by atoms with Gasteiger partial charge >= 0.3 is 6.03 Å². The molecule has 0 radical (unpaired) electrons. The molecule has 4 heteroatoms. The van der Waals surface area contributed by atoms with Crippen LogP contribution >= 0.6 is 0 Å². The summed E-state index contributed by atoms with van der Waals surface area (Å²) in [6, 6.07) is 7.91. The molecule has 0 heterocycles. The van der Waals surface area contributed by atoms with Crippen LogP contribution in [0.25, 0.3) is 0 Å². The topological polar surface area (TPSA) is 67.2 Å². The van der Waals surface area contributed by atoms with Gasteiger partial charge in [-0.05, 0) is 49.8 Å². The maximum Gasteiger partial charge on any atom is 0.319 e. The summed E-state index contributed by atoms with van der Waals surface area (Å²) in [5.74, 6) is 0.783. The van der Waals surface area contributed by atoms with Crippen molar-refractivity contribution in [3.05, 3.63) is 29.8 Å². The first-order valence-electron chi connectivity index (χ1n) is 7.97. The van der Waals surface area contributed by atoms with E-state index < -0.39 is 0 Å². The average Bonchev–Trinajstić information content (AvgIpc) is 2.64. The molecule has 2 rings (SSSR count). The fraction of sp³-hybridized carbons (Fsp3) is 0.588. The summed E-state index contributed by atoms with van der Waals surface area (Å²) >= 11 is 0. The molecule has 0 aliphatic heterocycles. The van der Waals surface area contributed by atoms with E-state index >= 15 is 0 Å². The van der Waals surface area contributed by atoms with Gasteiger partial charge in [-0.25, -0.2) is 4.79 Å². The number of benzene rings is 1. The van der Waals surface area contributed by atoms with Crippen molar-refractivity contribution in [1.29, 1.82) is 0 Å². The smallest absolute Gasteiger partial charge is 0.319 e. The highest BCUT2D eigenvalue weighted by atomic mass is 16.2. The first-order valence-corrected chi connectivity index (χ1v) is 7.97. The normalized spacial score (nSPS) is 24.0. The van der Waals surface area contributed by atoms with Gasteiger partial charge in [0.15, 0.2) is 0 Å². The molecule has 1 aliphatic carbocycles. The van der Waals surface area contributed by atoms with Crippen LogP contribution in [-0.4, -0.2) is 12.1 Å². The summed E-state index contributed by atoms with van der Waals surface area (Å²) in [6.45, 7) is 4.24. The fourth-order valence-corrected chi connectivity index (χ4v) is 2.85. The van der Waals surface area contributed by atoms with Crippen LogP contribution in [0.1, 0.15) is 57.6 Å². The quantitative estimate of drug-likeness (QED) is 0.741. The molecule has 4 N–H and O–H groups in total. The third-order valence-corrected chi connectivity index (χ3v) is 4.29. The van der Waals surface area contributed by atoms with E-state index in [-0.39, 0.29) is 12.1 Å². The fourth-order valence-electron chi connectivity index (χ4n) is 2.85. The van der Waals surface area contributed by atoms with E-state index in [1.54, 1.807) is 0 Å². The van der Waals surface area contributed by atoms with E-state index in [1.807, 2.05) is 31.2 Å². The number of carbonyl (C=O) groups is 1. The highest BCUT2D eigenvalue weighted by molar-refractivity contribution is 5.89. The average molecular weight is 289 g/mol. The summed E-state index contributed by atoms with van der Waals surface area (Å²) in [6.07, 6.45) is 5.85. The molecule has 0 bridgehead atoms. The van der Waals surface area contributed by atoms with Crippen molar-refractivity contribution in [3.63, 3.8) is 0 Å². The van der Waals surface area contributed by atoms with Gasteiger partial charge in [-0.1, -0.05) is 31.9 Å². The van der Waals surface area contributed by atoms with Gasteiger partial charge in [0.05, 0.1) is 0 Å². The van der Waals surface area contributed by atoms with Gasteiger partial charge in [-0.15, -0.1) is 0 Å². The second kappa shape index (κ2) is 7.46. The molecule has 1 aromatic rings. The maximum atomic E-state index is 12.0. The number of urea groups is 1. The van der Waals surface area contributed by atoms with E-state index in [2.05, 4.69) is 17.6 Å². The van der Waals surface area contributed by atoms with Crippen molar-refractivity contribution < 1.29 is 4.79 Å². The van der Waals surface area contributed by atoms with Gasteiger partial charge in [0.25, 0.3) is 0 Å². The van der Waals surface area contributed by atoms with Crippen LogP contribution in [0.3, 0.4) is 0 Å². The number of carbonyl (C=O) groups excluding carboxylic acids is 1. The highest BCUT2D eigenvalue weighted by Crippen LogP contribution is 2.22. The molecule has 2 amide bonds. The molecule has 0 spiro atoms. The predicted molar refractivity (Wildman–Crippen MR) is 87.2 cm³/mol. The van der Waals surface area contributed by atoms with Crippen molar-refractivity contribution in [1.82, 2.24) is 5.32 Å². The molecular weight excluding hydrogens is 262 g/mol. The van der Waals surface area contributed by atoms with E-state index in [4.69, 9.17) is 5.73 Å². The third-order valence-electron chi connectivity index (χ3n) is 4.29. The molecule has 1 aromatic carbocycles. The molecular formula is C17H27N3O. The summed E-state index contributed by atoms with van der Waals surface area (Å²) in [7, 11) is 0. The van der Waals surface area contributed by atoms with Crippen molar-refractivity contribution >= 4 is 11.7 Å². The second-order valence-electron chi connectivity index (χ2n) is 6.32. The second-order valence-corrected chi connectivity index (χ2v) is 6.32. The Morgan fingerprint density at radius 2 is 1.90 bits per heavy atom. The SMILES string of the molecule is CC1CCCC(NC(=O)Nc2ccc(C(C)N)cc2)CC1. The molecule has 0 aromatic heterocycles. The number of anilines is 1. The minimum Gasteiger partial charge on any atom is -0.335 e. The number of nitrogens with one attached hydrogen (secondary N) is 2. The van der Waals surface area contributed by atoms with Gasteiger partial charge < -0.3 is 16.4 Å². The Bertz CT molecular complexity index is 456. The van der Waals surface area contributed by atoms with E-state index in [9.17, 15) is 4.79 Å². The summed E-state index contributed by atoms with van der Waals surface area (Å²) in [5.41, 5.74) is 7.69. The minimum absolute atomic E-state index is 0.0147. The predicted octanol–water partition coefficient (Wildman–Crippen LogP) is 3.80. The molecule has 1 fully saturated rings. The first-order chi connectivity index (χ1) is 10.0. The lowest BCUT2D eigenvalue weighted by atomic mass is 10.0. The van der Waals surface area contributed by atoms with Crippen molar-refractivity contribution in [2.75, 3.05) is 5.32 Å². The third kappa shape index (κ3) is 5.05. The number of rotatable bonds is 3. The zero-order chi connectivity index (χ0) is 15.2. The maximum absolute atomic E-state index is 12.0. The summed E-state index contributed by atoms with van der Waals surface area (Å²) in [4.78, 5) is 12.0. The Kier molecular flexibility index (Phi) is 5.62. The zero-order valence-electron chi connectivity index (χ0n) is 13.1. The van der Waals surface area contributed by atoms with Crippen LogP contribution in [0, 0.1) is 5.92 Å². The molecule has 4 nitrogen and oxygen atoms in total. The van der Waals surface area contributed by atoms with Crippen LogP contribution in [-0.2, 0) is 0 Å². The first kappa shape index (κ1) is 15.8. The van der Waals surface area contributed by atoms with Crippen molar-refractivity contribution in [2.24, 2.45) is 11.7 Å². The number of nitrogens with two attached hydrogens (primary N) is 1. The molecule has 116 valence electrons. The minimum atomic E-state index is -0.108. The molecule has 1 saturated carbocycles. The lowest BCUT2D eigenvalue weighted by Gasteiger charge is -2.17. The van der Waals surface area contributed by atoms with Gasteiger partial charge in [-0.3, -0.25) is 0 Å². The monoisotopic (exact) mass is 289 g/mol. The van der Waals surface area contributed by atoms with Crippen molar-refractivity contribution in [3.8, 4) is 0 Å². The molecule has 3 atom stereocenters. The highest BCUT2D eigenvalue weighted by Gasteiger charge is 2.17. The van der Waals surface area contributed by atoms with Gasteiger partial charge in [-0.2, -0.15) is 0 Å². The molecule has 3 unspecified atom stereocenters. The standard InChI is InChI=1S/C17H27N3O/c1-12-4-3-5-15(9-6-12)19-17(21)20-16-10-7-14(8-11-16)13(2)18/h7-8,10-13,15H,3-6,9,18H2,1-2H3,(H2,19,20,21). The summed E-state index contributed by atoms with van der Waals surface area (Å²) in [5, 5.41) is 5.99. The molecule has 1 aliphatic rings. The molecule has 21 heavy (non-hydrogen) atoms. The van der Waals surface area contributed by atoms with Gasteiger partial charge in [0.2, 0.25) is 0 Å². The number of hydrogen-bond acceptors (Lipinski definition) is 2. The molecule has 0 saturated heterocycles. The van der Waals surface area contributed by atoms with E-state index in [1.165, 1.54) is 19.3 Å². The lowest BCUT2D eigenvalue weighted by Crippen LogP contribution is -2.37. The number of amides is 2. The van der Waals surface area contributed by atoms with Crippen LogP contribution < -0.4 is 16.4 Å². The Labute approximate surface area is 127 Å². The summed E-state index contributed by atoms with van der Waals surface area (Å²) < 4.78 is 0. The number of hydrogen-bond donors (Lipinski definition) is 3. The van der Waals surface area contributed by atoms with E-state index in [0.717, 1.165) is 30.0 Å². The van der Waals surface area contributed by atoms with Crippen LogP contribution in [0.2, 0.25) is 0 Å². The lowest BCUT2D eigenvalue weighted by molar-refractivity contribution is 0.247. The van der Waals surface area contributed by atoms with E-state index in [0.29, 0.717) is 6.04 Å². The Balaban J connectivity index is 1.83. The zero-order valence-corrected chi connectivity index (χ0v) is 13.1. The van der Waals surface area contributed by atoms with Gasteiger partial charge in [0.1, 0.15) is 0 Å². The Hall–Kier alpha value is -1.55.